The summed E-state index contributed by atoms with van der Waals surface area (Å²) in [5, 5.41) is 11.3. The van der Waals surface area contributed by atoms with Crippen molar-refractivity contribution in [2.45, 2.75) is 30.1 Å². The molecule has 1 saturated heterocycles. The normalized spacial score (nSPS) is 16.2. The Hall–Kier alpha value is -1.81. The fourth-order valence-corrected chi connectivity index (χ4v) is 5.59. The lowest BCUT2D eigenvalue weighted by atomic mass is 10.2. The predicted octanol–water partition coefficient (Wildman–Crippen LogP) is 4.28. The van der Waals surface area contributed by atoms with Crippen LogP contribution in [0.5, 0.6) is 0 Å². The number of hydrogen-bond donors (Lipinski definition) is 1. The minimum Gasteiger partial charge on any atom is -0.476 e. The van der Waals surface area contributed by atoms with Gasteiger partial charge in [0, 0.05) is 53.3 Å². The highest BCUT2D eigenvalue weighted by Gasteiger charge is 2.33. The number of nitrogens with zero attached hydrogens (tertiary/aromatic N) is 3. The number of carboxylic acid groups (broad SMARTS) is 1. The van der Waals surface area contributed by atoms with E-state index in [1.807, 2.05) is 0 Å². The van der Waals surface area contributed by atoms with E-state index < -0.39 is 5.97 Å². The number of carbonyl (C=O) groups excluding carboxylic acids is 2. The summed E-state index contributed by atoms with van der Waals surface area (Å²) in [5.74, 6) is -0.597. The lowest BCUT2D eigenvalue weighted by Gasteiger charge is -2.30. The Balaban J connectivity index is 1.65. The summed E-state index contributed by atoms with van der Waals surface area (Å²) in [6.07, 6.45) is 1.08. The van der Waals surface area contributed by atoms with Gasteiger partial charge in [-0.3, -0.25) is 9.59 Å². The summed E-state index contributed by atoms with van der Waals surface area (Å²) in [5.41, 5.74) is 0.618. The third-order valence-corrected chi connectivity index (χ3v) is 7.08. The Morgan fingerprint density at radius 1 is 1.33 bits per heavy atom. The number of anilines is 1. The quantitative estimate of drug-likeness (QED) is 0.558. The molecule has 1 aliphatic rings. The van der Waals surface area contributed by atoms with Crippen LogP contribution in [0.2, 0.25) is 10.0 Å². The zero-order valence-corrected chi connectivity index (χ0v) is 19.2. The maximum atomic E-state index is 12.4. The smallest absolute Gasteiger partial charge is 0.355 e. The maximum absolute atomic E-state index is 12.4. The second kappa shape index (κ2) is 10.00. The van der Waals surface area contributed by atoms with Crippen molar-refractivity contribution >= 4 is 69.8 Å². The number of amides is 2. The van der Waals surface area contributed by atoms with E-state index in [2.05, 4.69) is 4.98 Å². The van der Waals surface area contributed by atoms with Crippen LogP contribution in [0.15, 0.2) is 27.9 Å². The van der Waals surface area contributed by atoms with Crippen molar-refractivity contribution in [3.8, 4) is 0 Å². The number of carboxylic acids is 1. The van der Waals surface area contributed by atoms with Crippen molar-refractivity contribution in [1.82, 2.24) is 9.88 Å². The first kappa shape index (κ1) is 22.9. The van der Waals surface area contributed by atoms with E-state index in [1.54, 1.807) is 28.0 Å². The number of likely N-dealkylation sites (tertiary alicyclic amines) is 1. The Morgan fingerprint density at radius 3 is 2.63 bits per heavy atom. The van der Waals surface area contributed by atoms with Gasteiger partial charge < -0.3 is 14.9 Å². The van der Waals surface area contributed by atoms with Crippen LogP contribution < -0.4 is 4.90 Å². The van der Waals surface area contributed by atoms with Gasteiger partial charge in [-0.25, -0.2) is 9.78 Å². The number of halogens is 2. The number of thiazole rings is 1. The van der Waals surface area contributed by atoms with Crippen LogP contribution >= 0.6 is 46.3 Å². The van der Waals surface area contributed by atoms with E-state index in [-0.39, 0.29) is 23.6 Å². The van der Waals surface area contributed by atoms with Gasteiger partial charge in [-0.15, -0.1) is 11.3 Å². The summed E-state index contributed by atoms with van der Waals surface area (Å²) < 4.78 is 0.648. The van der Waals surface area contributed by atoms with Crippen LogP contribution in [0, 0.1) is 0 Å². The molecule has 7 nitrogen and oxygen atoms in total. The van der Waals surface area contributed by atoms with Gasteiger partial charge >= 0.3 is 5.97 Å². The van der Waals surface area contributed by atoms with Crippen LogP contribution in [0.1, 0.15) is 30.3 Å². The molecule has 0 radical (unpaired) electrons. The first-order valence-corrected chi connectivity index (χ1v) is 11.7. The number of thioether (sulfide) groups is 1. The average molecular weight is 488 g/mol. The van der Waals surface area contributed by atoms with Gasteiger partial charge in [0.15, 0.2) is 10.0 Å². The molecular weight excluding hydrogens is 469 g/mol. The molecule has 1 unspecified atom stereocenters. The van der Waals surface area contributed by atoms with Crippen molar-refractivity contribution in [2.75, 3.05) is 23.7 Å². The molecule has 160 valence electrons. The molecule has 0 aliphatic carbocycles. The molecule has 2 amide bonds. The second-order valence-electron chi connectivity index (χ2n) is 6.69. The molecule has 3 rings (SSSR count). The molecule has 0 spiro atoms. The topological polar surface area (TPSA) is 90.8 Å². The molecule has 1 N–H and O–H groups in total. The van der Waals surface area contributed by atoms with E-state index in [0.717, 1.165) is 0 Å². The first-order chi connectivity index (χ1) is 14.2. The fraction of sp³-hybridized carbons (Fsp3) is 0.368. The van der Waals surface area contributed by atoms with Crippen LogP contribution in [0.3, 0.4) is 0 Å². The lowest BCUT2D eigenvalue weighted by molar-refractivity contribution is -0.128. The fourth-order valence-electron chi connectivity index (χ4n) is 3.27. The van der Waals surface area contributed by atoms with E-state index in [4.69, 9.17) is 28.3 Å². The molecule has 1 aliphatic heterocycles. The molecule has 0 saturated carbocycles. The zero-order chi connectivity index (χ0) is 21.8. The summed E-state index contributed by atoms with van der Waals surface area (Å²) in [7, 11) is 0. The summed E-state index contributed by atoms with van der Waals surface area (Å²) in [4.78, 5) is 43.0. The van der Waals surface area contributed by atoms with Gasteiger partial charge in [0.05, 0.1) is 6.04 Å². The summed E-state index contributed by atoms with van der Waals surface area (Å²) >= 11 is 14.8. The van der Waals surface area contributed by atoms with Crippen molar-refractivity contribution in [1.29, 1.82) is 0 Å². The molecule has 1 aromatic carbocycles. The van der Waals surface area contributed by atoms with Crippen molar-refractivity contribution < 1.29 is 19.5 Å². The van der Waals surface area contributed by atoms with Crippen LogP contribution in [-0.4, -0.2) is 57.7 Å². The van der Waals surface area contributed by atoms with Crippen LogP contribution in [0.4, 0.5) is 5.69 Å². The van der Waals surface area contributed by atoms with E-state index in [0.29, 0.717) is 51.8 Å². The number of rotatable bonds is 8. The number of hydrogen-bond acceptors (Lipinski definition) is 6. The summed E-state index contributed by atoms with van der Waals surface area (Å²) in [6.45, 7) is 2.30. The van der Waals surface area contributed by atoms with Crippen molar-refractivity contribution in [2.24, 2.45) is 0 Å². The molecule has 11 heteroatoms. The molecule has 2 aromatic rings. The third kappa shape index (κ3) is 5.66. The Morgan fingerprint density at radius 2 is 2.03 bits per heavy atom. The Kier molecular flexibility index (Phi) is 7.62. The third-order valence-electron chi connectivity index (χ3n) is 4.64. The minimum atomic E-state index is -1.06. The molecule has 0 bridgehead atoms. The predicted molar refractivity (Wildman–Crippen MR) is 119 cm³/mol. The number of aromatic nitrogens is 1. The van der Waals surface area contributed by atoms with Gasteiger partial charge in [-0.2, -0.15) is 0 Å². The standard InChI is InChI=1S/C19H19Cl2N3O4S2/c1-11(25)24(15-7-12(20)6-13(21)8-15)9-14-2-3-17(26)23(14)4-5-29-19-22-16(10-30-19)18(27)28/h6-8,10,14H,2-5,9H2,1H3,(H,27,28). The van der Waals surface area contributed by atoms with Crippen molar-refractivity contribution in [3.63, 3.8) is 0 Å². The number of aromatic carboxylic acids is 1. The van der Waals surface area contributed by atoms with Gasteiger partial charge in [-0.05, 0) is 24.6 Å². The molecule has 1 aromatic heterocycles. The minimum absolute atomic E-state index is 0.0231. The second-order valence-corrected chi connectivity index (χ2v) is 9.76. The molecular formula is C19H19Cl2N3O4S2. The van der Waals surface area contributed by atoms with Crippen molar-refractivity contribution in [3.05, 3.63) is 39.3 Å². The van der Waals surface area contributed by atoms with Crippen LogP contribution in [-0.2, 0) is 9.59 Å². The number of carbonyl (C=O) groups is 3. The molecule has 1 fully saturated rings. The van der Waals surface area contributed by atoms with E-state index >= 15 is 0 Å². The Labute approximate surface area is 192 Å². The van der Waals surface area contributed by atoms with E-state index in [1.165, 1.54) is 35.4 Å². The highest BCUT2D eigenvalue weighted by molar-refractivity contribution is 8.01. The monoisotopic (exact) mass is 487 g/mol. The molecule has 30 heavy (non-hydrogen) atoms. The van der Waals surface area contributed by atoms with Gasteiger partial charge in [0.2, 0.25) is 11.8 Å². The molecule has 1 atom stereocenters. The lowest BCUT2D eigenvalue weighted by Crippen LogP contribution is -2.44. The van der Waals surface area contributed by atoms with Gasteiger partial charge in [0.1, 0.15) is 0 Å². The van der Waals surface area contributed by atoms with Gasteiger partial charge in [-0.1, -0.05) is 35.0 Å². The maximum Gasteiger partial charge on any atom is 0.355 e. The summed E-state index contributed by atoms with van der Waals surface area (Å²) in [6, 6.07) is 4.83. The highest BCUT2D eigenvalue weighted by Crippen LogP contribution is 2.29. The molecule has 2 heterocycles. The SMILES string of the molecule is CC(=O)N(CC1CCC(=O)N1CCSc1nc(C(=O)O)cs1)c1cc(Cl)cc(Cl)c1. The van der Waals surface area contributed by atoms with Crippen LogP contribution in [0.25, 0.3) is 0 Å². The highest BCUT2D eigenvalue weighted by atomic mass is 35.5. The number of benzene rings is 1. The zero-order valence-electron chi connectivity index (χ0n) is 16.0. The van der Waals surface area contributed by atoms with E-state index in [9.17, 15) is 14.4 Å². The Bertz CT molecular complexity index is 949. The largest absolute Gasteiger partial charge is 0.476 e. The average Bonchev–Trinajstić information content (AvgIpc) is 3.26. The first-order valence-electron chi connectivity index (χ1n) is 9.10. The van der Waals surface area contributed by atoms with Gasteiger partial charge in [0.25, 0.3) is 0 Å².